The van der Waals surface area contributed by atoms with Gasteiger partial charge in [-0.05, 0) is 137 Å². The number of nitrogens with one attached hydrogen (secondary N) is 1. The molecule has 330 valence electrons. The Balaban J connectivity index is 1.58. The van der Waals surface area contributed by atoms with Crippen molar-refractivity contribution in [3.8, 4) is 17.2 Å². The molecule has 14 heteroatoms. The summed E-state index contributed by atoms with van der Waals surface area (Å²) in [4.78, 5) is 19.1. The smallest absolute Gasteiger partial charge is 0.243 e. The zero-order valence-electron chi connectivity index (χ0n) is 36.1. The average Bonchev–Trinajstić information content (AvgIpc) is 3.23. The number of rotatable bonds is 19. The number of hydrogen-bond acceptors (Lipinski definition) is 11. The highest BCUT2D eigenvalue weighted by Gasteiger charge is 2.65. The number of aliphatic hydroxyl groups is 2. The first-order chi connectivity index (χ1) is 29.1. The molecular formula is C47H61N3O9S2. The Bertz CT molecular complexity index is 2170. The minimum atomic E-state index is -4.22. The molecule has 1 amide bonds. The highest BCUT2D eigenvalue weighted by molar-refractivity contribution is 7.98. The maximum atomic E-state index is 14.8. The maximum absolute atomic E-state index is 14.8. The number of oxime groups is 1. The third kappa shape index (κ3) is 10.4. The van der Waals surface area contributed by atoms with Gasteiger partial charge in [0.25, 0.3) is 0 Å². The number of benzene rings is 3. The lowest BCUT2D eigenvalue weighted by Gasteiger charge is -2.59. The normalized spacial score (nSPS) is 24.0. The number of ether oxygens (including phenoxy) is 3. The van der Waals surface area contributed by atoms with Crippen LogP contribution in [-0.4, -0.2) is 85.1 Å². The standard InChI is InChI=1S/C47H61N3O9S2/c1-8-27-56-47-43(50(6)61(54,55)37-22-15-33(16-23-37)48-31(2)53)30-41(49-59-46(3,4)5)39-28-32(13-9-11-25-51)38(14-10-12-26-52)44(45(39)47)40-29-35(19-24-42(40)58-47)57-34-17-20-36(60-7)21-18-34/h8,15-24,28-29,32,38,43-45,51-52H,1,9-14,25-27,30H2,2-7H3,(H,48,53)/t32-,38+,43-,44+,45+,47+/m0/s1. The zero-order valence-corrected chi connectivity index (χ0v) is 37.8. The summed E-state index contributed by atoms with van der Waals surface area (Å²) in [6.45, 7) is 11.3. The number of likely N-dealkylation sites (N-methyl/N-ethyl adjacent to an activating group) is 1. The molecule has 3 aromatic rings. The average molecular weight is 876 g/mol. The number of carbonyl (C=O) groups is 1. The monoisotopic (exact) mass is 875 g/mol. The number of nitrogens with zero attached hydrogens (tertiary/aromatic N) is 2. The lowest BCUT2D eigenvalue weighted by molar-refractivity contribution is -0.250. The largest absolute Gasteiger partial charge is 0.460 e. The molecule has 1 fully saturated rings. The Hall–Kier alpha value is -4.18. The van der Waals surface area contributed by atoms with Crippen molar-refractivity contribution in [2.75, 3.05) is 38.4 Å². The SMILES string of the molecule is C=CCO[C@@]12Oc3ccc(Oc4ccc(SC)cc4)cc3[C@H]3[C@H](CCCCO)[C@@H](CCCCO)C=C(C(=NOC(C)(C)C)C[C@@H]1N(C)S(=O)(=O)c1ccc(NC(C)=O)cc1)[C@H]32. The molecule has 0 spiro atoms. The van der Waals surface area contributed by atoms with E-state index < -0.39 is 33.4 Å². The highest BCUT2D eigenvalue weighted by Crippen LogP contribution is 2.62. The van der Waals surface area contributed by atoms with Crippen molar-refractivity contribution >= 4 is 39.1 Å². The topological polar surface area (TPSA) is 156 Å². The third-order valence-electron chi connectivity index (χ3n) is 11.7. The van der Waals surface area contributed by atoms with Crippen LogP contribution in [0.5, 0.6) is 17.2 Å². The number of amides is 1. The van der Waals surface area contributed by atoms with Gasteiger partial charge in [-0.1, -0.05) is 30.1 Å². The van der Waals surface area contributed by atoms with E-state index in [0.29, 0.717) is 41.5 Å². The number of aliphatic hydroxyl groups excluding tert-OH is 2. The van der Waals surface area contributed by atoms with Crippen LogP contribution in [0.2, 0.25) is 0 Å². The summed E-state index contributed by atoms with van der Waals surface area (Å²) in [5.41, 5.74) is 2.20. The van der Waals surface area contributed by atoms with Crippen LogP contribution >= 0.6 is 11.8 Å². The van der Waals surface area contributed by atoms with Crippen LogP contribution in [-0.2, 0) is 24.4 Å². The van der Waals surface area contributed by atoms with Gasteiger partial charge in [-0.2, -0.15) is 4.31 Å². The molecule has 61 heavy (non-hydrogen) atoms. The van der Waals surface area contributed by atoms with Gasteiger partial charge in [0.2, 0.25) is 21.7 Å². The predicted molar refractivity (Wildman–Crippen MR) is 240 cm³/mol. The number of hydrogen-bond donors (Lipinski definition) is 3. The van der Waals surface area contributed by atoms with E-state index in [1.165, 1.54) is 23.4 Å². The van der Waals surface area contributed by atoms with E-state index in [1.807, 2.05) is 69.5 Å². The second-order valence-electron chi connectivity index (χ2n) is 17.0. The van der Waals surface area contributed by atoms with Crippen molar-refractivity contribution in [3.05, 3.63) is 96.6 Å². The summed E-state index contributed by atoms with van der Waals surface area (Å²) < 4.78 is 51.7. The van der Waals surface area contributed by atoms with E-state index in [-0.39, 0.29) is 54.8 Å². The van der Waals surface area contributed by atoms with Gasteiger partial charge < -0.3 is 34.6 Å². The number of allylic oxidation sites excluding steroid dienone is 1. The predicted octanol–water partition coefficient (Wildman–Crippen LogP) is 8.91. The van der Waals surface area contributed by atoms with E-state index in [9.17, 15) is 23.4 Å². The molecule has 12 nitrogen and oxygen atoms in total. The summed E-state index contributed by atoms with van der Waals surface area (Å²) in [5.74, 6) is -0.807. The molecule has 2 aliphatic carbocycles. The molecule has 0 unspecified atom stereocenters. The van der Waals surface area contributed by atoms with Gasteiger partial charge in [0.1, 0.15) is 22.8 Å². The molecule has 1 heterocycles. The first-order valence-electron chi connectivity index (χ1n) is 21.1. The van der Waals surface area contributed by atoms with Crippen LogP contribution in [0.1, 0.15) is 84.1 Å². The van der Waals surface area contributed by atoms with Gasteiger partial charge in [0, 0.05) is 55.7 Å². The molecule has 3 aromatic carbocycles. The summed E-state index contributed by atoms with van der Waals surface area (Å²) in [6, 6.07) is 18.8. The first kappa shape index (κ1) is 46.3. The lowest BCUT2D eigenvalue weighted by atomic mass is 9.55. The van der Waals surface area contributed by atoms with Crippen LogP contribution < -0.4 is 14.8 Å². The van der Waals surface area contributed by atoms with Gasteiger partial charge in [0.15, 0.2) is 0 Å². The molecule has 0 bridgehead atoms. The second kappa shape index (κ2) is 19.9. The molecule has 6 atom stereocenters. The zero-order chi connectivity index (χ0) is 44.0. The summed E-state index contributed by atoms with van der Waals surface area (Å²) in [5, 5.41) is 27.4. The summed E-state index contributed by atoms with van der Waals surface area (Å²) in [7, 11) is -2.68. The Labute approximate surface area is 365 Å². The first-order valence-corrected chi connectivity index (χ1v) is 23.8. The third-order valence-corrected chi connectivity index (χ3v) is 14.3. The van der Waals surface area contributed by atoms with Gasteiger partial charge in [-0.25, -0.2) is 8.42 Å². The molecule has 0 saturated heterocycles. The van der Waals surface area contributed by atoms with E-state index in [0.717, 1.165) is 41.7 Å². The lowest BCUT2D eigenvalue weighted by Crippen LogP contribution is -2.69. The Morgan fingerprint density at radius 2 is 1.69 bits per heavy atom. The fraction of sp³-hybridized carbons (Fsp3) is 0.489. The Morgan fingerprint density at radius 3 is 2.31 bits per heavy atom. The molecule has 0 aromatic heterocycles. The minimum absolute atomic E-state index is 0.00349. The minimum Gasteiger partial charge on any atom is -0.460 e. The van der Waals surface area contributed by atoms with Crippen molar-refractivity contribution in [3.63, 3.8) is 0 Å². The number of thioether (sulfide) groups is 1. The van der Waals surface area contributed by atoms with E-state index in [1.54, 1.807) is 37.0 Å². The maximum Gasteiger partial charge on any atom is 0.243 e. The van der Waals surface area contributed by atoms with Crippen molar-refractivity contribution < 1.29 is 42.5 Å². The molecule has 0 radical (unpaired) electrons. The van der Waals surface area contributed by atoms with Gasteiger partial charge in [-0.15, -0.1) is 18.3 Å². The number of carbonyl (C=O) groups excluding carboxylic acids is 1. The van der Waals surface area contributed by atoms with Crippen molar-refractivity contribution in [1.82, 2.24) is 4.31 Å². The molecule has 1 aliphatic heterocycles. The second-order valence-corrected chi connectivity index (χ2v) is 19.9. The summed E-state index contributed by atoms with van der Waals surface area (Å²) >= 11 is 1.65. The molecule has 3 N–H and O–H groups in total. The quantitative estimate of drug-likeness (QED) is 0.0460. The Morgan fingerprint density at radius 1 is 1.02 bits per heavy atom. The van der Waals surface area contributed by atoms with Gasteiger partial charge in [0.05, 0.1) is 29.2 Å². The number of sulfonamides is 1. The van der Waals surface area contributed by atoms with E-state index in [2.05, 4.69) is 18.0 Å². The van der Waals surface area contributed by atoms with Crippen LogP contribution in [0.15, 0.2) is 106 Å². The van der Waals surface area contributed by atoms with E-state index >= 15 is 0 Å². The molecular weight excluding hydrogens is 815 g/mol. The van der Waals surface area contributed by atoms with Crippen LogP contribution in [0.4, 0.5) is 5.69 Å². The van der Waals surface area contributed by atoms with Crippen LogP contribution in [0, 0.1) is 17.8 Å². The van der Waals surface area contributed by atoms with E-state index in [4.69, 9.17) is 24.2 Å². The number of anilines is 1. The molecule has 1 saturated carbocycles. The van der Waals surface area contributed by atoms with Gasteiger partial charge >= 0.3 is 0 Å². The van der Waals surface area contributed by atoms with Crippen LogP contribution in [0.3, 0.4) is 0 Å². The highest BCUT2D eigenvalue weighted by atomic mass is 32.2. The summed E-state index contributed by atoms with van der Waals surface area (Å²) in [6.07, 6.45) is 10.4. The van der Waals surface area contributed by atoms with Crippen molar-refractivity contribution in [2.45, 2.75) is 106 Å². The number of fused-ring (bicyclic) bond motifs is 2. The molecule has 6 rings (SSSR count). The fourth-order valence-corrected chi connectivity index (χ4v) is 10.8. The number of unbranched alkanes of at least 4 members (excludes halogenated alkanes) is 2. The van der Waals surface area contributed by atoms with Crippen molar-refractivity contribution in [2.24, 2.45) is 22.9 Å². The molecule has 3 aliphatic rings. The fourth-order valence-electron chi connectivity index (χ4n) is 8.99. The Kier molecular flexibility index (Phi) is 15.1. The van der Waals surface area contributed by atoms with Crippen molar-refractivity contribution in [1.29, 1.82) is 0 Å². The van der Waals surface area contributed by atoms with Crippen LogP contribution in [0.25, 0.3) is 0 Å². The van der Waals surface area contributed by atoms with Gasteiger partial charge in [-0.3, -0.25) is 4.79 Å².